The van der Waals surface area contributed by atoms with Crippen LogP contribution in [-0.2, 0) is 16.4 Å². The Bertz CT molecular complexity index is 1420. The summed E-state index contributed by atoms with van der Waals surface area (Å²) in [6.45, 7) is 2.32. The second kappa shape index (κ2) is 10.3. The molecule has 1 aliphatic rings. The van der Waals surface area contributed by atoms with Gasteiger partial charge in [0.05, 0.1) is 21.3 Å². The molecule has 0 atom stereocenters. The zero-order chi connectivity index (χ0) is 26.0. The van der Waals surface area contributed by atoms with Gasteiger partial charge in [0.2, 0.25) is 0 Å². The third kappa shape index (κ3) is 4.94. The molecule has 0 radical (unpaired) electrons. The Hall–Kier alpha value is -3.43. The molecule has 0 aliphatic carbocycles. The van der Waals surface area contributed by atoms with E-state index in [4.69, 9.17) is 25.8 Å². The van der Waals surface area contributed by atoms with Crippen LogP contribution in [0.4, 0.5) is 11.4 Å². The number of hydrogen-bond donors (Lipinski definition) is 1. The van der Waals surface area contributed by atoms with Crippen LogP contribution >= 0.6 is 11.6 Å². The zero-order valence-corrected chi connectivity index (χ0v) is 22.0. The SMILES string of the molecule is COc1ccc(C(=O)N2CCCc3cc(NS(=O)(=O)c4cc(Cl)c(C)cc4OC)ccc32)cc1OC. The van der Waals surface area contributed by atoms with E-state index in [9.17, 15) is 13.2 Å². The smallest absolute Gasteiger partial charge is 0.265 e. The number of nitrogens with one attached hydrogen (secondary N) is 1. The molecule has 0 aromatic heterocycles. The molecule has 1 amide bonds. The van der Waals surface area contributed by atoms with Crippen LogP contribution < -0.4 is 23.8 Å². The quantitative estimate of drug-likeness (QED) is 0.458. The molecule has 0 saturated heterocycles. The Morgan fingerprint density at radius 1 is 0.944 bits per heavy atom. The zero-order valence-electron chi connectivity index (χ0n) is 20.4. The first-order valence-electron chi connectivity index (χ1n) is 11.2. The van der Waals surface area contributed by atoms with Gasteiger partial charge in [0, 0.05) is 28.5 Å². The first kappa shape index (κ1) is 25.7. The van der Waals surface area contributed by atoms with E-state index in [1.807, 2.05) is 0 Å². The Balaban J connectivity index is 1.63. The van der Waals surface area contributed by atoms with E-state index in [1.165, 1.54) is 27.4 Å². The molecule has 0 bridgehead atoms. The number of sulfonamides is 1. The predicted octanol–water partition coefficient (Wildman–Crippen LogP) is 5.07. The largest absolute Gasteiger partial charge is 0.495 e. The molecule has 1 aliphatic heterocycles. The molecular weight excluding hydrogens is 504 g/mol. The molecular formula is C26H27ClN2O6S. The standard InChI is InChI=1S/C26H27ClN2O6S/c1-16-12-24(35-4)25(15-20(16)27)36(31,32)28-19-8-9-21-17(13-19)6-5-11-29(21)26(30)18-7-10-22(33-2)23(14-18)34-3/h7-10,12-15,28H,5-6,11H2,1-4H3. The molecule has 1 heterocycles. The summed E-state index contributed by atoms with van der Waals surface area (Å²) in [6, 6.07) is 13.1. The van der Waals surface area contributed by atoms with Gasteiger partial charge in [0.1, 0.15) is 10.6 Å². The second-order valence-electron chi connectivity index (χ2n) is 8.33. The Kier molecular flexibility index (Phi) is 7.33. The van der Waals surface area contributed by atoms with Gasteiger partial charge in [-0.15, -0.1) is 0 Å². The summed E-state index contributed by atoms with van der Waals surface area (Å²) in [6.07, 6.45) is 1.45. The lowest BCUT2D eigenvalue weighted by Crippen LogP contribution is -2.35. The minimum absolute atomic E-state index is 0.0522. The molecule has 3 aromatic carbocycles. The van der Waals surface area contributed by atoms with Crippen LogP contribution in [0.2, 0.25) is 5.02 Å². The fraction of sp³-hybridized carbons (Fsp3) is 0.269. The van der Waals surface area contributed by atoms with Gasteiger partial charge < -0.3 is 19.1 Å². The van der Waals surface area contributed by atoms with Crippen LogP contribution in [0.15, 0.2) is 53.4 Å². The van der Waals surface area contributed by atoms with Crippen molar-refractivity contribution in [1.82, 2.24) is 0 Å². The molecule has 0 unspecified atom stereocenters. The Morgan fingerprint density at radius 3 is 2.36 bits per heavy atom. The van der Waals surface area contributed by atoms with Crippen molar-refractivity contribution in [3.05, 3.63) is 70.2 Å². The van der Waals surface area contributed by atoms with Gasteiger partial charge in [-0.1, -0.05) is 11.6 Å². The summed E-state index contributed by atoms with van der Waals surface area (Å²) in [4.78, 5) is 15.0. The highest BCUT2D eigenvalue weighted by Crippen LogP contribution is 2.35. The first-order chi connectivity index (χ1) is 17.2. The van der Waals surface area contributed by atoms with Crippen LogP contribution in [0.1, 0.15) is 27.9 Å². The van der Waals surface area contributed by atoms with E-state index in [1.54, 1.807) is 54.3 Å². The number of carbonyl (C=O) groups is 1. The summed E-state index contributed by atoms with van der Waals surface area (Å²) in [7, 11) is 0.489. The van der Waals surface area contributed by atoms with Crippen molar-refractivity contribution in [3.8, 4) is 17.2 Å². The Morgan fingerprint density at radius 2 is 1.67 bits per heavy atom. The lowest BCUT2D eigenvalue weighted by atomic mass is 10.00. The van der Waals surface area contributed by atoms with E-state index in [2.05, 4.69) is 4.72 Å². The van der Waals surface area contributed by atoms with Crippen LogP contribution in [0, 0.1) is 6.92 Å². The number of aryl methyl sites for hydroxylation is 2. The number of amides is 1. The summed E-state index contributed by atoms with van der Waals surface area (Å²) in [5.41, 5.74) is 3.16. The average molecular weight is 531 g/mol. The number of anilines is 2. The molecule has 0 saturated carbocycles. The summed E-state index contributed by atoms with van der Waals surface area (Å²) in [5, 5.41) is 0.325. The van der Waals surface area contributed by atoms with Gasteiger partial charge >= 0.3 is 0 Å². The normalized spacial score (nSPS) is 13.1. The monoisotopic (exact) mass is 530 g/mol. The minimum Gasteiger partial charge on any atom is -0.495 e. The van der Waals surface area contributed by atoms with Crippen molar-refractivity contribution < 1.29 is 27.4 Å². The lowest BCUT2D eigenvalue weighted by molar-refractivity contribution is 0.0984. The first-order valence-corrected chi connectivity index (χ1v) is 13.1. The molecule has 10 heteroatoms. The number of fused-ring (bicyclic) bond motifs is 1. The van der Waals surface area contributed by atoms with Crippen LogP contribution in [0.3, 0.4) is 0 Å². The van der Waals surface area contributed by atoms with Gasteiger partial charge in [0.15, 0.2) is 11.5 Å². The number of ether oxygens (including phenoxy) is 3. The van der Waals surface area contributed by atoms with Crippen molar-refractivity contribution in [3.63, 3.8) is 0 Å². The number of halogens is 1. The van der Waals surface area contributed by atoms with Gasteiger partial charge in [-0.05, 0) is 79.4 Å². The third-order valence-corrected chi connectivity index (χ3v) is 7.87. The van der Waals surface area contributed by atoms with Crippen molar-refractivity contribution in [1.29, 1.82) is 0 Å². The third-order valence-electron chi connectivity index (χ3n) is 6.06. The van der Waals surface area contributed by atoms with E-state index >= 15 is 0 Å². The van der Waals surface area contributed by atoms with Crippen LogP contribution in [0.25, 0.3) is 0 Å². The molecule has 0 fully saturated rings. The second-order valence-corrected chi connectivity index (χ2v) is 10.4. The van der Waals surface area contributed by atoms with Crippen LogP contribution in [-0.4, -0.2) is 42.2 Å². The van der Waals surface area contributed by atoms with E-state index in [0.29, 0.717) is 46.3 Å². The highest BCUT2D eigenvalue weighted by Gasteiger charge is 2.26. The highest BCUT2D eigenvalue weighted by molar-refractivity contribution is 7.92. The van der Waals surface area contributed by atoms with Gasteiger partial charge in [-0.2, -0.15) is 0 Å². The summed E-state index contributed by atoms with van der Waals surface area (Å²) in [5.74, 6) is 1.03. The molecule has 1 N–H and O–H groups in total. The number of methoxy groups -OCH3 is 3. The fourth-order valence-electron chi connectivity index (χ4n) is 4.21. The van der Waals surface area contributed by atoms with Gasteiger partial charge in [-0.25, -0.2) is 8.42 Å². The topological polar surface area (TPSA) is 94.2 Å². The van der Waals surface area contributed by atoms with Crippen molar-refractivity contribution in [2.45, 2.75) is 24.7 Å². The molecule has 190 valence electrons. The van der Waals surface area contributed by atoms with E-state index < -0.39 is 10.0 Å². The predicted molar refractivity (Wildman–Crippen MR) is 140 cm³/mol. The van der Waals surface area contributed by atoms with Gasteiger partial charge in [-0.3, -0.25) is 9.52 Å². The summed E-state index contributed by atoms with van der Waals surface area (Å²) >= 11 is 6.18. The molecule has 3 aromatic rings. The molecule has 0 spiro atoms. The van der Waals surface area contributed by atoms with Crippen LogP contribution in [0.5, 0.6) is 17.2 Å². The summed E-state index contributed by atoms with van der Waals surface area (Å²) < 4.78 is 44.8. The maximum absolute atomic E-state index is 13.4. The fourth-order valence-corrected chi connectivity index (χ4v) is 5.67. The maximum Gasteiger partial charge on any atom is 0.265 e. The van der Waals surface area contributed by atoms with E-state index in [0.717, 1.165) is 17.7 Å². The minimum atomic E-state index is -3.97. The highest BCUT2D eigenvalue weighted by atomic mass is 35.5. The lowest BCUT2D eigenvalue weighted by Gasteiger charge is -2.30. The van der Waals surface area contributed by atoms with Crippen molar-refractivity contribution in [2.24, 2.45) is 0 Å². The number of benzene rings is 3. The number of rotatable bonds is 7. The molecule has 4 rings (SSSR count). The van der Waals surface area contributed by atoms with Crippen molar-refractivity contribution >= 4 is 38.9 Å². The molecule has 36 heavy (non-hydrogen) atoms. The maximum atomic E-state index is 13.4. The Labute approximate surface area is 215 Å². The van der Waals surface area contributed by atoms with Crippen molar-refractivity contribution in [2.75, 3.05) is 37.5 Å². The average Bonchev–Trinajstić information content (AvgIpc) is 2.88. The number of hydrogen-bond acceptors (Lipinski definition) is 6. The number of nitrogens with zero attached hydrogens (tertiary/aromatic N) is 1. The number of carbonyl (C=O) groups excluding carboxylic acids is 1. The molecule has 8 nitrogen and oxygen atoms in total. The van der Waals surface area contributed by atoms with Gasteiger partial charge in [0.25, 0.3) is 15.9 Å². The van der Waals surface area contributed by atoms with E-state index in [-0.39, 0.29) is 16.6 Å².